The number of hydrogen-bond acceptors (Lipinski definition) is 5. The summed E-state index contributed by atoms with van der Waals surface area (Å²) in [5, 5.41) is 19.2. The van der Waals surface area contributed by atoms with E-state index in [2.05, 4.69) is 29.2 Å². The van der Waals surface area contributed by atoms with Gasteiger partial charge >= 0.3 is 0 Å². The van der Waals surface area contributed by atoms with Gasteiger partial charge in [-0.3, -0.25) is 14.9 Å². The molecule has 1 unspecified atom stereocenters. The molecule has 8 nitrogen and oxygen atoms in total. The van der Waals surface area contributed by atoms with Crippen molar-refractivity contribution in [2.24, 2.45) is 0 Å². The zero-order valence-corrected chi connectivity index (χ0v) is 20.5. The molecule has 0 bridgehead atoms. The van der Waals surface area contributed by atoms with Crippen molar-refractivity contribution in [2.45, 2.75) is 39.7 Å². The van der Waals surface area contributed by atoms with E-state index in [4.69, 9.17) is 11.6 Å². The molecule has 0 spiro atoms. The summed E-state index contributed by atoms with van der Waals surface area (Å²) >= 11 is 6.18. The molecule has 34 heavy (non-hydrogen) atoms. The lowest BCUT2D eigenvalue weighted by Gasteiger charge is -2.20. The van der Waals surface area contributed by atoms with Gasteiger partial charge in [-0.25, -0.2) is 4.68 Å². The maximum Gasteiger partial charge on any atom is 0.270 e. The molecule has 0 saturated heterocycles. The van der Waals surface area contributed by atoms with Gasteiger partial charge in [-0.1, -0.05) is 31.5 Å². The van der Waals surface area contributed by atoms with Crippen molar-refractivity contribution in [1.82, 2.24) is 20.0 Å². The van der Waals surface area contributed by atoms with Crippen molar-refractivity contribution in [3.63, 3.8) is 0 Å². The van der Waals surface area contributed by atoms with E-state index in [1.165, 1.54) is 12.1 Å². The van der Waals surface area contributed by atoms with Crippen LogP contribution in [-0.4, -0.2) is 51.2 Å². The number of nitro benzene ring substituents is 1. The first kappa shape index (κ1) is 25.4. The number of nitro groups is 1. The van der Waals surface area contributed by atoms with E-state index in [-0.39, 0.29) is 17.6 Å². The molecule has 1 amide bonds. The fourth-order valence-corrected chi connectivity index (χ4v) is 3.96. The second kappa shape index (κ2) is 11.8. The van der Waals surface area contributed by atoms with Crippen molar-refractivity contribution in [1.29, 1.82) is 0 Å². The number of nitrogens with zero attached hydrogens (tertiary/aromatic N) is 4. The summed E-state index contributed by atoms with van der Waals surface area (Å²) < 4.78 is 1.56. The quantitative estimate of drug-likeness (QED) is 0.293. The second-order valence-electron chi connectivity index (χ2n) is 8.15. The van der Waals surface area contributed by atoms with Gasteiger partial charge in [-0.2, -0.15) is 5.10 Å². The lowest BCUT2D eigenvalue weighted by Crippen LogP contribution is -2.34. The van der Waals surface area contributed by atoms with Crippen LogP contribution in [0.15, 0.2) is 54.6 Å². The maximum atomic E-state index is 13.2. The Kier molecular flexibility index (Phi) is 8.79. The van der Waals surface area contributed by atoms with Crippen LogP contribution < -0.4 is 5.32 Å². The smallest absolute Gasteiger partial charge is 0.270 e. The molecule has 180 valence electrons. The number of rotatable bonds is 11. The molecule has 1 heterocycles. The zero-order chi connectivity index (χ0) is 24.7. The summed E-state index contributed by atoms with van der Waals surface area (Å²) in [5.41, 5.74) is 2.22. The Labute approximate surface area is 204 Å². The van der Waals surface area contributed by atoms with Crippen LogP contribution in [0, 0.1) is 10.1 Å². The maximum absolute atomic E-state index is 13.2. The number of halogens is 1. The summed E-state index contributed by atoms with van der Waals surface area (Å²) in [7, 11) is 0. The van der Waals surface area contributed by atoms with Gasteiger partial charge in [-0.05, 0) is 75.8 Å². The van der Waals surface area contributed by atoms with Crippen LogP contribution in [0.25, 0.3) is 16.9 Å². The van der Waals surface area contributed by atoms with Crippen LogP contribution in [0.3, 0.4) is 0 Å². The van der Waals surface area contributed by atoms with E-state index in [1.807, 2.05) is 13.0 Å². The first-order valence-corrected chi connectivity index (χ1v) is 11.8. The van der Waals surface area contributed by atoms with Gasteiger partial charge in [0.1, 0.15) is 5.69 Å². The number of amides is 1. The number of aromatic nitrogens is 2. The lowest BCUT2D eigenvalue weighted by atomic mass is 10.1. The fraction of sp³-hybridized carbons (Fsp3) is 0.360. The van der Waals surface area contributed by atoms with Crippen LogP contribution in [0.4, 0.5) is 5.69 Å². The summed E-state index contributed by atoms with van der Waals surface area (Å²) in [6, 6.07) is 14.9. The standard InChI is InChI=1S/C25H30ClN5O3/c1-4-29(5-2)15-7-8-18(3)27-25(32)24-17-23(19-11-13-21(14-12-19)31(33)34)28-30(24)22-10-6-9-20(26)16-22/h6,9-14,16-18H,4-5,7-8,15H2,1-3H3,(H,27,32). The molecule has 3 rings (SSSR count). The third-order valence-electron chi connectivity index (χ3n) is 5.75. The molecule has 3 aromatic rings. The van der Waals surface area contributed by atoms with Crippen LogP contribution in [0.5, 0.6) is 0 Å². The van der Waals surface area contributed by atoms with Gasteiger partial charge in [0.15, 0.2) is 0 Å². The monoisotopic (exact) mass is 483 g/mol. The third kappa shape index (κ3) is 6.42. The summed E-state index contributed by atoms with van der Waals surface area (Å²) in [6.45, 7) is 9.32. The minimum atomic E-state index is -0.450. The SMILES string of the molecule is CCN(CC)CCCC(C)NC(=O)c1cc(-c2ccc([N+](=O)[O-])cc2)nn1-c1cccc(Cl)c1. The predicted octanol–water partition coefficient (Wildman–Crippen LogP) is 5.34. The molecule has 1 N–H and O–H groups in total. The Morgan fingerprint density at radius 1 is 1.18 bits per heavy atom. The van der Waals surface area contributed by atoms with Crippen LogP contribution in [-0.2, 0) is 0 Å². The number of nitrogens with one attached hydrogen (secondary N) is 1. The van der Waals surface area contributed by atoms with Crippen LogP contribution >= 0.6 is 11.6 Å². The first-order chi connectivity index (χ1) is 16.3. The molecule has 0 fully saturated rings. The molecule has 0 radical (unpaired) electrons. The Morgan fingerprint density at radius 3 is 2.50 bits per heavy atom. The van der Waals surface area contributed by atoms with E-state index in [0.717, 1.165) is 32.5 Å². The molecule has 9 heteroatoms. The zero-order valence-electron chi connectivity index (χ0n) is 19.7. The summed E-state index contributed by atoms with van der Waals surface area (Å²) in [5.74, 6) is -0.240. The average molecular weight is 484 g/mol. The topological polar surface area (TPSA) is 93.3 Å². The van der Waals surface area contributed by atoms with E-state index >= 15 is 0 Å². The van der Waals surface area contributed by atoms with E-state index in [1.54, 1.807) is 41.1 Å². The van der Waals surface area contributed by atoms with Gasteiger partial charge in [-0.15, -0.1) is 0 Å². The predicted molar refractivity (Wildman–Crippen MR) is 135 cm³/mol. The highest BCUT2D eigenvalue weighted by Gasteiger charge is 2.20. The fourth-order valence-electron chi connectivity index (χ4n) is 3.77. The molecular weight excluding hydrogens is 454 g/mol. The molecule has 0 aliphatic heterocycles. The second-order valence-corrected chi connectivity index (χ2v) is 8.59. The van der Waals surface area contributed by atoms with Gasteiger partial charge in [0.25, 0.3) is 11.6 Å². The van der Waals surface area contributed by atoms with Crippen molar-refractivity contribution in [3.05, 3.63) is 75.4 Å². The molecule has 2 aromatic carbocycles. The number of non-ortho nitro benzene ring substituents is 1. The largest absolute Gasteiger partial charge is 0.348 e. The molecule has 0 saturated carbocycles. The lowest BCUT2D eigenvalue weighted by molar-refractivity contribution is -0.384. The van der Waals surface area contributed by atoms with E-state index < -0.39 is 4.92 Å². The van der Waals surface area contributed by atoms with E-state index in [0.29, 0.717) is 27.7 Å². The first-order valence-electron chi connectivity index (χ1n) is 11.5. The van der Waals surface area contributed by atoms with Crippen LogP contribution in [0.1, 0.15) is 44.1 Å². The molecule has 0 aliphatic carbocycles. The Balaban J connectivity index is 1.84. The Bertz CT molecular complexity index is 1130. The highest BCUT2D eigenvalue weighted by Crippen LogP contribution is 2.25. The summed E-state index contributed by atoms with van der Waals surface area (Å²) in [6.07, 6.45) is 1.85. The number of benzene rings is 2. The van der Waals surface area contributed by atoms with Crippen molar-refractivity contribution in [3.8, 4) is 16.9 Å². The van der Waals surface area contributed by atoms with Gasteiger partial charge in [0.05, 0.1) is 16.3 Å². The highest BCUT2D eigenvalue weighted by molar-refractivity contribution is 6.30. The molecule has 1 aromatic heterocycles. The van der Waals surface area contributed by atoms with Crippen molar-refractivity contribution in [2.75, 3.05) is 19.6 Å². The molecule has 1 atom stereocenters. The number of carbonyl (C=O) groups excluding carboxylic acids is 1. The highest BCUT2D eigenvalue weighted by atomic mass is 35.5. The Morgan fingerprint density at radius 2 is 1.88 bits per heavy atom. The third-order valence-corrected chi connectivity index (χ3v) is 5.99. The minimum absolute atomic E-state index is 0.00507. The van der Waals surface area contributed by atoms with Crippen LogP contribution in [0.2, 0.25) is 5.02 Å². The average Bonchev–Trinajstić information content (AvgIpc) is 3.28. The normalized spacial score (nSPS) is 12.0. The minimum Gasteiger partial charge on any atom is -0.348 e. The number of carbonyl (C=O) groups is 1. The summed E-state index contributed by atoms with van der Waals surface area (Å²) in [4.78, 5) is 26.1. The van der Waals surface area contributed by atoms with Gasteiger partial charge in [0, 0.05) is 28.8 Å². The molecule has 0 aliphatic rings. The Hall–Kier alpha value is -3.23. The van der Waals surface area contributed by atoms with E-state index in [9.17, 15) is 14.9 Å². The van der Waals surface area contributed by atoms with Gasteiger partial charge in [0.2, 0.25) is 0 Å². The molecular formula is C25H30ClN5O3. The van der Waals surface area contributed by atoms with Crippen molar-refractivity contribution < 1.29 is 9.72 Å². The van der Waals surface area contributed by atoms with Crippen molar-refractivity contribution >= 4 is 23.2 Å². The van der Waals surface area contributed by atoms with Gasteiger partial charge < -0.3 is 10.2 Å². The number of hydrogen-bond donors (Lipinski definition) is 1.